The summed E-state index contributed by atoms with van der Waals surface area (Å²) in [4.78, 5) is 23.6. The van der Waals surface area contributed by atoms with E-state index in [1.807, 2.05) is 31.2 Å². The Labute approximate surface area is 134 Å². The summed E-state index contributed by atoms with van der Waals surface area (Å²) in [6.45, 7) is 2.37. The summed E-state index contributed by atoms with van der Waals surface area (Å²) in [5.74, 6) is -0.566. The van der Waals surface area contributed by atoms with E-state index < -0.39 is 0 Å². The first kappa shape index (κ1) is 16.0. The van der Waals surface area contributed by atoms with Crippen molar-refractivity contribution in [3.63, 3.8) is 0 Å². The molecule has 0 aliphatic rings. The quantitative estimate of drug-likeness (QED) is 0.891. The molecule has 0 radical (unpaired) electrons. The summed E-state index contributed by atoms with van der Waals surface area (Å²) < 4.78 is 0. The van der Waals surface area contributed by atoms with Crippen LogP contribution in [0, 0.1) is 6.92 Å². The number of hydrogen-bond donors (Lipinski definition) is 2. The van der Waals surface area contributed by atoms with Crippen molar-refractivity contribution in [3.05, 3.63) is 70.2 Å². The second-order valence-corrected chi connectivity index (χ2v) is 5.39. The van der Waals surface area contributed by atoms with Crippen LogP contribution >= 0.6 is 11.6 Å². The van der Waals surface area contributed by atoms with E-state index in [1.165, 1.54) is 5.56 Å². The topological polar surface area (TPSA) is 58.2 Å². The third-order valence-electron chi connectivity index (χ3n) is 3.11. The third-order valence-corrected chi connectivity index (χ3v) is 3.34. The number of benzene rings is 2. The average Bonchev–Trinajstić information content (AvgIpc) is 2.52. The molecule has 2 rings (SSSR count). The zero-order chi connectivity index (χ0) is 15.9. The van der Waals surface area contributed by atoms with Crippen molar-refractivity contribution in [2.24, 2.45) is 0 Å². The molecule has 0 bridgehead atoms. The molecule has 0 fully saturated rings. The van der Waals surface area contributed by atoms with Gasteiger partial charge in [0.25, 0.3) is 5.91 Å². The Kier molecular flexibility index (Phi) is 5.55. The first-order chi connectivity index (χ1) is 10.5. The van der Waals surface area contributed by atoms with Gasteiger partial charge in [-0.1, -0.05) is 47.5 Å². The molecular formula is C17H17ClN2O2. The molecule has 0 spiro atoms. The summed E-state index contributed by atoms with van der Waals surface area (Å²) in [6, 6.07) is 14.5. The molecule has 2 N–H and O–H groups in total. The lowest BCUT2D eigenvalue weighted by atomic mass is 10.1. The van der Waals surface area contributed by atoms with E-state index in [0.717, 1.165) is 5.56 Å². The van der Waals surface area contributed by atoms with Crippen LogP contribution < -0.4 is 10.6 Å². The van der Waals surface area contributed by atoms with Gasteiger partial charge in [-0.25, -0.2) is 0 Å². The molecule has 4 nitrogen and oxygen atoms in total. The second-order valence-electron chi connectivity index (χ2n) is 4.96. The van der Waals surface area contributed by atoms with Crippen LogP contribution in [0.3, 0.4) is 0 Å². The fourth-order valence-corrected chi connectivity index (χ4v) is 2.05. The fraction of sp³-hybridized carbons (Fsp3) is 0.176. The smallest absolute Gasteiger partial charge is 0.251 e. The largest absolute Gasteiger partial charge is 0.350 e. The third kappa shape index (κ3) is 4.90. The molecule has 22 heavy (non-hydrogen) atoms. The Bertz CT molecular complexity index is 669. The van der Waals surface area contributed by atoms with Crippen molar-refractivity contribution >= 4 is 23.4 Å². The van der Waals surface area contributed by atoms with Gasteiger partial charge in [-0.05, 0) is 30.7 Å². The lowest BCUT2D eigenvalue weighted by Gasteiger charge is -2.07. The molecule has 0 heterocycles. The minimum atomic E-state index is -0.326. The maximum absolute atomic E-state index is 11.9. The van der Waals surface area contributed by atoms with Crippen molar-refractivity contribution in [1.29, 1.82) is 0 Å². The first-order valence-corrected chi connectivity index (χ1v) is 7.28. The van der Waals surface area contributed by atoms with E-state index in [1.54, 1.807) is 24.3 Å². The molecule has 0 aliphatic carbocycles. The van der Waals surface area contributed by atoms with Crippen LogP contribution in [0.1, 0.15) is 21.5 Å². The number of nitrogens with one attached hydrogen (secondary N) is 2. The summed E-state index contributed by atoms with van der Waals surface area (Å²) in [7, 11) is 0. The highest BCUT2D eigenvalue weighted by Crippen LogP contribution is 2.10. The molecule has 0 aliphatic heterocycles. The predicted octanol–water partition coefficient (Wildman–Crippen LogP) is 2.69. The highest BCUT2D eigenvalue weighted by atomic mass is 35.5. The van der Waals surface area contributed by atoms with Crippen LogP contribution in [-0.4, -0.2) is 18.4 Å². The number of halogens is 1. The zero-order valence-corrected chi connectivity index (χ0v) is 13.0. The Hall–Kier alpha value is -2.33. The van der Waals surface area contributed by atoms with Gasteiger partial charge in [-0.3, -0.25) is 9.59 Å². The van der Waals surface area contributed by atoms with Crippen LogP contribution in [0.4, 0.5) is 0 Å². The number of amides is 2. The van der Waals surface area contributed by atoms with Gasteiger partial charge >= 0.3 is 0 Å². The lowest BCUT2D eigenvalue weighted by molar-refractivity contribution is -0.120. The molecule has 0 saturated carbocycles. The molecular weight excluding hydrogens is 300 g/mol. The molecule has 114 valence electrons. The first-order valence-electron chi connectivity index (χ1n) is 6.90. The van der Waals surface area contributed by atoms with Gasteiger partial charge in [0.1, 0.15) is 0 Å². The van der Waals surface area contributed by atoms with Crippen molar-refractivity contribution in [2.75, 3.05) is 6.54 Å². The van der Waals surface area contributed by atoms with Crippen LogP contribution in [0.15, 0.2) is 48.5 Å². The van der Waals surface area contributed by atoms with E-state index in [4.69, 9.17) is 11.6 Å². The van der Waals surface area contributed by atoms with E-state index >= 15 is 0 Å². The van der Waals surface area contributed by atoms with Gasteiger partial charge in [0.05, 0.1) is 6.54 Å². The molecule has 2 amide bonds. The SMILES string of the molecule is Cc1ccc(CNC(=O)CNC(=O)c2cccc(Cl)c2)cc1. The number of hydrogen-bond acceptors (Lipinski definition) is 2. The van der Waals surface area contributed by atoms with Crippen molar-refractivity contribution < 1.29 is 9.59 Å². The highest BCUT2D eigenvalue weighted by Gasteiger charge is 2.08. The summed E-state index contributed by atoms with van der Waals surface area (Å²) >= 11 is 5.82. The Balaban J connectivity index is 1.78. The lowest BCUT2D eigenvalue weighted by Crippen LogP contribution is -2.36. The Morgan fingerprint density at radius 3 is 2.45 bits per heavy atom. The number of carbonyl (C=O) groups is 2. The van der Waals surface area contributed by atoms with Gasteiger partial charge in [-0.15, -0.1) is 0 Å². The summed E-state index contributed by atoms with van der Waals surface area (Å²) in [6.07, 6.45) is 0. The highest BCUT2D eigenvalue weighted by molar-refractivity contribution is 6.30. The van der Waals surface area contributed by atoms with Gasteiger partial charge < -0.3 is 10.6 Å². The molecule has 2 aromatic carbocycles. The Morgan fingerprint density at radius 2 is 1.77 bits per heavy atom. The summed E-state index contributed by atoms with van der Waals surface area (Å²) in [5.41, 5.74) is 2.61. The van der Waals surface area contributed by atoms with Crippen LogP contribution in [0.25, 0.3) is 0 Å². The van der Waals surface area contributed by atoms with Crippen LogP contribution in [0.5, 0.6) is 0 Å². The van der Waals surface area contributed by atoms with E-state index in [2.05, 4.69) is 10.6 Å². The van der Waals surface area contributed by atoms with Gasteiger partial charge in [-0.2, -0.15) is 0 Å². The van der Waals surface area contributed by atoms with Crippen molar-refractivity contribution in [2.45, 2.75) is 13.5 Å². The molecule has 5 heteroatoms. The second kappa shape index (κ2) is 7.61. The Morgan fingerprint density at radius 1 is 1.05 bits per heavy atom. The maximum atomic E-state index is 11.9. The van der Waals surface area contributed by atoms with Crippen molar-refractivity contribution in [3.8, 4) is 0 Å². The van der Waals surface area contributed by atoms with E-state index in [0.29, 0.717) is 17.1 Å². The average molecular weight is 317 g/mol. The molecule has 2 aromatic rings. The fourth-order valence-electron chi connectivity index (χ4n) is 1.86. The van der Waals surface area contributed by atoms with E-state index in [-0.39, 0.29) is 18.4 Å². The van der Waals surface area contributed by atoms with Crippen LogP contribution in [-0.2, 0) is 11.3 Å². The standard InChI is InChI=1S/C17H17ClN2O2/c1-12-5-7-13(8-6-12)10-19-16(21)11-20-17(22)14-3-2-4-15(18)9-14/h2-9H,10-11H2,1H3,(H,19,21)(H,20,22). The zero-order valence-electron chi connectivity index (χ0n) is 12.2. The van der Waals surface area contributed by atoms with E-state index in [9.17, 15) is 9.59 Å². The minimum Gasteiger partial charge on any atom is -0.350 e. The summed E-state index contributed by atoms with van der Waals surface area (Å²) in [5, 5.41) is 5.80. The number of rotatable bonds is 5. The minimum absolute atomic E-state index is 0.0722. The molecule has 0 saturated heterocycles. The molecule has 0 aromatic heterocycles. The van der Waals surface area contributed by atoms with Gasteiger partial charge in [0.2, 0.25) is 5.91 Å². The van der Waals surface area contributed by atoms with Crippen LogP contribution in [0.2, 0.25) is 5.02 Å². The normalized spacial score (nSPS) is 10.1. The molecule has 0 atom stereocenters. The van der Waals surface area contributed by atoms with Gasteiger partial charge in [0.15, 0.2) is 0 Å². The molecule has 0 unspecified atom stereocenters. The number of aryl methyl sites for hydroxylation is 1. The maximum Gasteiger partial charge on any atom is 0.251 e. The van der Waals surface area contributed by atoms with Crippen molar-refractivity contribution in [1.82, 2.24) is 10.6 Å². The monoisotopic (exact) mass is 316 g/mol. The predicted molar refractivity (Wildman–Crippen MR) is 86.8 cm³/mol. The van der Waals surface area contributed by atoms with Gasteiger partial charge in [0, 0.05) is 17.1 Å². The number of carbonyl (C=O) groups excluding carboxylic acids is 2.